The lowest BCUT2D eigenvalue weighted by atomic mass is 9.91. The van der Waals surface area contributed by atoms with Crippen molar-refractivity contribution in [3.8, 4) is 0 Å². The van der Waals surface area contributed by atoms with E-state index >= 15 is 0 Å². The Labute approximate surface area is 173 Å². The van der Waals surface area contributed by atoms with Gasteiger partial charge in [0.15, 0.2) is 0 Å². The lowest BCUT2D eigenvalue weighted by Gasteiger charge is -2.34. The number of aryl methyl sites for hydroxylation is 1. The molecule has 2 aromatic rings. The second-order valence-electron chi connectivity index (χ2n) is 7.89. The van der Waals surface area contributed by atoms with Gasteiger partial charge in [-0.05, 0) is 61.9 Å². The monoisotopic (exact) mass is 441 g/mol. The molecular weight excluding hydrogens is 418 g/mol. The predicted molar refractivity (Wildman–Crippen MR) is 112 cm³/mol. The van der Waals surface area contributed by atoms with E-state index in [1.165, 1.54) is 0 Å². The first-order valence-electron chi connectivity index (χ1n) is 9.77. The number of hydrogen-bond acceptors (Lipinski definition) is 3. The predicted octanol–water partition coefficient (Wildman–Crippen LogP) is 4.06. The largest absolute Gasteiger partial charge is 0.341 e. The van der Waals surface area contributed by atoms with Crippen LogP contribution in [0.15, 0.2) is 47.1 Å². The van der Waals surface area contributed by atoms with Gasteiger partial charge < -0.3 is 10.2 Å². The van der Waals surface area contributed by atoms with Crippen molar-refractivity contribution in [2.24, 2.45) is 5.92 Å². The molecule has 2 heterocycles. The SMILES string of the molecule is Cc1ccc(NC(=O)C2CCCN(C(=O)C3(c4cccc(Br)c4)CC3)C2)nc1. The number of hydrogen-bond donors (Lipinski definition) is 1. The zero-order valence-electron chi connectivity index (χ0n) is 16.0. The Balaban J connectivity index is 1.44. The van der Waals surface area contributed by atoms with Crippen molar-refractivity contribution in [2.45, 2.75) is 38.0 Å². The minimum atomic E-state index is -0.402. The lowest BCUT2D eigenvalue weighted by molar-refractivity contribution is -0.137. The summed E-state index contributed by atoms with van der Waals surface area (Å²) in [4.78, 5) is 32.2. The number of pyridine rings is 1. The third-order valence-electron chi connectivity index (χ3n) is 5.78. The van der Waals surface area contributed by atoms with Crippen molar-refractivity contribution in [2.75, 3.05) is 18.4 Å². The molecule has 2 amide bonds. The number of nitrogens with one attached hydrogen (secondary N) is 1. The van der Waals surface area contributed by atoms with E-state index in [1.807, 2.05) is 48.2 Å². The summed E-state index contributed by atoms with van der Waals surface area (Å²) in [6.07, 6.45) is 5.14. The highest BCUT2D eigenvalue weighted by Crippen LogP contribution is 2.50. The van der Waals surface area contributed by atoms with E-state index in [1.54, 1.807) is 6.20 Å². The van der Waals surface area contributed by atoms with Crippen LogP contribution in [-0.4, -0.2) is 34.8 Å². The van der Waals surface area contributed by atoms with Crippen molar-refractivity contribution in [1.29, 1.82) is 0 Å². The summed E-state index contributed by atoms with van der Waals surface area (Å²) in [5.41, 5.74) is 1.72. The summed E-state index contributed by atoms with van der Waals surface area (Å²) >= 11 is 3.51. The number of benzene rings is 1. The fourth-order valence-electron chi connectivity index (χ4n) is 3.99. The molecule has 1 aromatic carbocycles. The maximum Gasteiger partial charge on any atom is 0.233 e. The maximum atomic E-state index is 13.3. The molecule has 6 heteroatoms. The molecule has 1 atom stereocenters. The third-order valence-corrected chi connectivity index (χ3v) is 6.27. The molecule has 0 bridgehead atoms. The van der Waals surface area contributed by atoms with Gasteiger partial charge in [-0.3, -0.25) is 9.59 Å². The molecule has 1 saturated heterocycles. The number of aromatic nitrogens is 1. The van der Waals surface area contributed by atoms with Crippen molar-refractivity contribution in [3.63, 3.8) is 0 Å². The van der Waals surface area contributed by atoms with E-state index in [0.717, 1.165) is 47.8 Å². The van der Waals surface area contributed by atoms with Gasteiger partial charge in [0.25, 0.3) is 0 Å². The Morgan fingerprint density at radius 1 is 1.25 bits per heavy atom. The summed E-state index contributed by atoms with van der Waals surface area (Å²) in [7, 11) is 0. The van der Waals surface area contributed by atoms with Crippen LogP contribution in [0.25, 0.3) is 0 Å². The summed E-state index contributed by atoms with van der Waals surface area (Å²) in [5, 5.41) is 2.90. The van der Waals surface area contributed by atoms with Crippen LogP contribution in [0, 0.1) is 12.8 Å². The number of amides is 2. The van der Waals surface area contributed by atoms with E-state index in [4.69, 9.17) is 0 Å². The zero-order chi connectivity index (χ0) is 19.7. The number of piperidine rings is 1. The highest BCUT2D eigenvalue weighted by atomic mass is 79.9. The van der Waals surface area contributed by atoms with E-state index in [-0.39, 0.29) is 17.7 Å². The van der Waals surface area contributed by atoms with Crippen LogP contribution in [0.4, 0.5) is 5.82 Å². The fraction of sp³-hybridized carbons (Fsp3) is 0.409. The van der Waals surface area contributed by atoms with Crippen LogP contribution >= 0.6 is 15.9 Å². The summed E-state index contributed by atoms with van der Waals surface area (Å²) < 4.78 is 0.991. The Bertz CT molecular complexity index is 893. The fourth-order valence-corrected chi connectivity index (χ4v) is 4.38. The topological polar surface area (TPSA) is 62.3 Å². The van der Waals surface area contributed by atoms with Gasteiger partial charge >= 0.3 is 0 Å². The molecule has 146 valence electrons. The molecule has 1 aromatic heterocycles. The second-order valence-corrected chi connectivity index (χ2v) is 8.81. The van der Waals surface area contributed by atoms with Gasteiger partial charge in [0.1, 0.15) is 5.82 Å². The molecule has 1 saturated carbocycles. The van der Waals surface area contributed by atoms with Crippen LogP contribution in [0.3, 0.4) is 0 Å². The Kier molecular flexibility index (Phi) is 5.23. The number of anilines is 1. The molecule has 1 N–H and O–H groups in total. The van der Waals surface area contributed by atoms with Gasteiger partial charge in [-0.2, -0.15) is 0 Å². The Hall–Kier alpha value is -2.21. The number of rotatable bonds is 4. The average Bonchev–Trinajstić information content (AvgIpc) is 3.51. The number of likely N-dealkylation sites (tertiary alicyclic amines) is 1. The summed E-state index contributed by atoms with van der Waals surface area (Å²) in [5.74, 6) is 0.476. The Morgan fingerprint density at radius 3 is 2.75 bits per heavy atom. The molecular formula is C22H24BrN3O2. The van der Waals surface area contributed by atoms with E-state index in [2.05, 4.69) is 26.2 Å². The highest BCUT2D eigenvalue weighted by Gasteiger charge is 2.53. The molecule has 2 aliphatic rings. The number of carbonyl (C=O) groups is 2. The van der Waals surface area contributed by atoms with Gasteiger partial charge in [0.05, 0.1) is 11.3 Å². The van der Waals surface area contributed by atoms with E-state index in [9.17, 15) is 9.59 Å². The van der Waals surface area contributed by atoms with Crippen LogP contribution < -0.4 is 5.32 Å². The molecule has 5 nitrogen and oxygen atoms in total. The maximum absolute atomic E-state index is 13.3. The van der Waals surface area contributed by atoms with Gasteiger partial charge in [0.2, 0.25) is 11.8 Å². The van der Waals surface area contributed by atoms with Crippen LogP contribution in [0.5, 0.6) is 0 Å². The number of halogens is 1. The zero-order valence-corrected chi connectivity index (χ0v) is 17.5. The number of carbonyl (C=O) groups excluding carboxylic acids is 2. The van der Waals surface area contributed by atoms with Crippen molar-refractivity contribution >= 4 is 33.6 Å². The van der Waals surface area contributed by atoms with Crippen molar-refractivity contribution < 1.29 is 9.59 Å². The standard InChI is InChI=1S/C22H24BrN3O2/c1-15-7-8-19(24-13-15)25-20(27)16-4-3-11-26(14-16)21(28)22(9-10-22)17-5-2-6-18(23)12-17/h2,5-8,12-13,16H,3-4,9-11,14H2,1H3,(H,24,25,27). The average molecular weight is 442 g/mol. The Morgan fingerprint density at radius 2 is 2.07 bits per heavy atom. The lowest BCUT2D eigenvalue weighted by Crippen LogP contribution is -2.47. The molecule has 1 aliphatic carbocycles. The normalized spacial score (nSPS) is 20.5. The molecule has 2 fully saturated rings. The quantitative estimate of drug-likeness (QED) is 0.777. The van der Waals surface area contributed by atoms with Crippen LogP contribution in [-0.2, 0) is 15.0 Å². The second kappa shape index (κ2) is 7.66. The van der Waals surface area contributed by atoms with Crippen molar-refractivity contribution in [3.05, 3.63) is 58.2 Å². The first-order chi connectivity index (χ1) is 13.5. The minimum Gasteiger partial charge on any atom is -0.341 e. The molecule has 1 unspecified atom stereocenters. The summed E-state index contributed by atoms with van der Waals surface area (Å²) in [6.45, 7) is 3.16. The number of nitrogens with zero attached hydrogens (tertiary/aromatic N) is 2. The van der Waals surface area contributed by atoms with E-state index in [0.29, 0.717) is 12.4 Å². The van der Waals surface area contributed by atoms with Crippen molar-refractivity contribution in [1.82, 2.24) is 9.88 Å². The first-order valence-corrected chi connectivity index (χ1v) is 10.6. The van der Waals surface area contributed by atoms with Gasteiger partial charge in [-0.1, -0.05) is 34.1 Å². The molecule has 4 rings (SSSR count). The van der Waals surface area contributed by atoms with E-state index < -0.39 is 5.41 Å². The van der Waals surface area contributed by atoms with Gasteiger partial charge in [-0.25, -0.2) is 4.98 Å². The molecule has 28 heavy (non-hydrogen) atoms. The minimum absolute atomic E-state index is 0.0545. The van der Waals surface area contributed by atoms with Crippen LogP contribution in [0.1, 0.15) is 36.8 Å². The van der Waals surface area contributed by atoms with Crippen LogP contribution in [0.2, 0.25) is 0 Å². The van der Waals surface area contributed by atoms with Gasteiger partial charge in [-0.15, -0.1) is 0 Å². The molecule has 0 spiro atoms. The third kappa shape index (κ3) is 3.83. The smallest absolute Gasteiger partial charge is 0.233 e. The molecule has 0 radical (unpaired) electrons. The first kappa shape index (κ1) is 19.1. The molecule has 1 aliphatic heterocycles. The highest BCUT2D eigenvalue weighted by molar-refractivity contribution is 9.10. The summed E-state index contributed by atoms with van der Waals surface area (Å²) in [6, 6.07) is 11.8. The van der Waals surface area contributed by atoms with Gasteiger partial charge in [0, 0.05) is 23.8 Å².